The zero-order valence-corrected chi connectivity index (χ0v) is 11.4. The quantitative estimate of drug-likeness (QED) is 0.920. The molecule has 1 aromatic carbocycles. The molecule has 1 aromatic rings. The number of ether oxygens (including phenoxy) is 1. The zero-order valence-electron chi connectivity index (χ0n) is 9.79. The second-order valence-corrected chi connectivity index (χ2v) is 5.68. The summed E-state index contributed by atoms with van der Waals surface area (Å²) in [6.07, 6.45) is 1.19. The maximum atomic E-state index is 6.13. The van der Waals surface area contributed by atoms with Crippen LogP contribution in [0, 0.1) is 5.92 Å². The van der Waals surface area contributed by atoms with Crippen LogP contribution in [0.25, 0.3) is 0 Å². The monoisotopic (exact) mass is 283 g/mol. The number of nitrogens with one attached hydrogen (secondary N) is 1. The third-order valence-corrected chi connectivity index (χ3v) is 3.91. The van der Waals surface area contributed by atoms with Crippen LogP contribution in [-0.2, 0) is 0 Å². The van der Waals surface area contributed by atoms with E-state index in [4.69, 9.17) is 4.74 Å². The van der Waals surface area contributed by atoms with E-state index in [1.54, 1.807) is 0 Å². The van der Waals surface area contributed by atoms with Crippen molar-refractivity contribution in [2.75, 3.05) is 13.1 Å². The summed E-state index contributed by atoms with van der Waals surface area (Å²) in [6.45, 7) is 6.50. The van der Waals surface area contributed by atoms with Gasteiger partial charge in [0.15, 0.2) is 0 Å². The fourth-order valence-electron chi connectivity index (χ4n) is 2.14. The molecule has 1 unspecified atom stereocenters. The first-order chi connectivity index (χ1) is 7.59. The molecule has 1 aliphatic heterocycles. The Morgan fingerprint density at radius 2 is 2.12 bits per heavy atom. The van der Waals surface area contributed by atoms with Crippen LogP contribution in [0.5, 0.6) is 5.75 Å². The number of hydrogen-bond donors (Lipinski definition) is 1. The van der Waals surface area contributed by atoms with Crippen molar-refractivity contribution in [2.24, 2.45) is 5.92 Å². The lowest BCUT2D eigenvalue weighted by molar-refractivity contribution is 0.0516. The van der Waals surface area contributed by atoms with E-state index in [9.17, 15) is 0 Å². The van der Waals surface area contributed by atoms with Gasteiger partial charge in [0.1, 0.15) is 11.4 Å². The molecule has 1 heterocycles. The van der Waals surface area contributed by atoms with Crippen LogP contribution in [0.3, 0.4) is 0 Å². The molecular weight excluding hydrogens is 266 g/mol. The predicted octanol–water partition coefficient (Wildman–Crippen LogP) is 3.22. The molecule has 3 heteroatoms. The molecule has 1 saturated heterocycles. The second kappa shape index (κ2) is 4.76. The highest BCUT2D eigenvalue weighted by Crippen LogP contribution is 2.32. The third kappa shape index (κ3) is 2.58. The summed E-state index contributed by atoms with van der Waals surface area (Å²) in [4.78, 5) is 0. The molecule has 88 valence electrons. The van der Waals surface area contributed by atoms with Gasteiger partial charge in [-0.05, 0) is 54.9 Å². The molecular formula is C13H18BrNO. The molecule has 1 aliphatic rings. The largest absolute Gasteiger partial charge is 0.486 e. The molecule has 0 saturated carbocycles. The van der Waals surface area contributed by atoms with Crippen LogP contribution in [-0.4, -0.2) is 18.7 Å². The maximum absolute atomic E-state index is 6.13. The second-order valence-electron chi connectivity index (χ2n) is 4.83. The minimum Gasteiger partial charge on any atom is -0.486 e. The first-order valence-electron chi connectivity index (χ1n) is 5.74. The Morgan fingerprint density at radius 3 is 2.75 bits per heavy atom. The molecule has 0 bridgehead atoms. The third-order valence-electron chi connectivity index (χ3n) is 3.25. The summed E-state index contributed by atoms with van der Waals surface area (Å²) < 4.78 is 7.15. The SMILES string of the molecule is CC(C)(Oc1ccccc1Br)C1CCNC1. The highest BCUT2D eigenvalue weighted by atomic mass is 79.9. The fourth-order valence-corrected chi connectivity index (χ4v) is 2.51. The standard InChI is InChI=1S/C13H18BrNO/c1-13(2,10-7-8-15-9-10)16-12-6-4-3-5-11(12)14/h3-6,10,15H,7-9H2,1-2H3. The molecule has 1 atom stereocenters. The Hall–Kier alpha value is -0.540. The van der Waals surface area contributed by atoms with Crippen LogP contribution in [0.1, 0.15) is 20.3 Å². The first kappa shape index (κ1) is 11.9. The normalized spacial score (nSPS) is 21.1. The Morgan fingerprint density at radius 1 is 1.38 bits per heavy atom. The van der Waals surface area contributed by atoms with Crippen LogP contribution in [0.4, 0.5) is 0 Å². The van der Waals surface area contributed by atoms with Crippen LogP contribution < -0.4 is 10.1 Å². The average Bonchev–Trinajstić information content (AvgIpc) is 2.75. The number of rotatable bonds is 3. The van der Waals surface area contributed by atoms with Crippen molar-refractivity contribution in [2.45, 2.75) is 25.9 Å². The maximum Gasteiger partial charge on any atom is 0.134 e. The van der Waals surface area contributed by atoms with Crippen LogP contribution in [0.2, 0.25) is 0 Å². The van der Waals surface area contributed by atoms with E-state index in [1.165, 1.54) is 6.42 Å². The lowest BCUT2D eigenvalue weighted by Crippen LogP contribution is -2.38. The summed E-state index contributed by atoms with van der Waals surface area (Å²) in [7, 11) is 0. The summed E-state index contributed by atoms with van der Waals surface area (Å²) in [5.41, 5.74) is -0.118. The van der Waals surface area contributed by atoms with Gasteiger partial charge in [-0.15, -0.1) is 0 Å². The van der Waals surface area contributed by atoms with Gasteiger partial charge >= 0.3 is 0 Å². The predicted molar refractivity (Wildman–Crippen MR) is 69.8 cm³/mol. The van der Waals surface area contributed by atoms with E-state index in [0.29, 0.717) is 5.92 Å². The van der Waals surface area contributed by atoms with Crippen molar-refractivity contribution in [3.05, 3.63) is 28.7 Å². The molecule has 0 aromatic heterocycles. The van der Waals surface area contributed by atoms with Crippen molar-refractivity contribution in [1.82, 2.24) is 5.32 Å². The number of para-hydroxylation sites is 1. The van der Waals surface area contributed by atoms with Crippen molar-refractivity contribution in [1.29, 1.82) is 0 Å². The summed E-state index contributed by atoms with van der Waals surface area (Å²) in [5, 5.41) is 3.39. The summed E-state index contributed by atoms with van der Waals surface area (Å²) in [5.74, 6) is 1.51. The molecule has 0 spiro atoms. The lowest BCUT2D eigenvalue weighted by Gasteiger charge is -2.32. The van der Waals surface area contributed by atoms with Gasteiger partial charge in [0.2, 0.25) is 0 Å². The molecule has 0 amide bonds. The van der Waals surface area contributed by atoms with Gasteiger partial charge in [0.25, 0.3) is 0 Å². The zero-order chi connectivity index (χ0) is 11.6. The van der Waals surface area contributed by atoms with Gasteiger partial charge < -0.3 is 10.1 Å². The van der Waals surface area contributed by atoms with Gasteiger partial charge in [-0.3, -0.25) is 0 Å². The number of benzene rings is 1. The fraction of sp³-hybridized carbons (Fsp3) is 0.538. The molecule has 1 fully saturated rings. The van der Waals surface area contributed by atoms with E-state index in [-0.39, 0.29) is 5.60 Å². The lowest BCUT2D eigenvalue weighted by atomic mass is 9.90. The molecule has 0 radical (unpaired) electrons. The van der Waals surface area contributed by atoms with Crippen molar-refractivity contribution in [3.8, 4) is 5.75 Å². The first-order valence-corrected chi connectivity index (χ1v) is 6.53. The van der Waals surface area contributed by atoms with Crippen LogP contribution in [0.15, 0.2) is 28.7 Å². The van der Waals surface area contributed by atoms with E-state index in [0.717, 1.165) is 23.3 Å². The van der Waals surface area contributed by atoms with Gasteiger partial charge in [0.05, 0.1) is 4.47 Å². The smallest absolute Gasteiger partial charge is 0.134 e. The highest BCUT2D eigenvalue weighted by molar-refractivity contribution is 9.10. The van der Waals surface area contributed by atoms with Crippen molar-refractivity contribution < 1.29 is 4.74 Å². The van der Waals surface area contributed by atoms with Gasteiger partial charge in [-0.25, -0.2) is 0 Å². The van der Waals surface area contributed by atoms with E-state index < -0.39 is 0 Å². The van der Waals surface area contributed by atoms with Crippen LogP contribution >= 0.6 is 15.9 Å². The average molecular weight is 284 g/mol. The van der Waals surface area contributed by atoms with Gasteiger partial charge in [-0.1, -0.05) is 12.1 Å². The van der Waals surface area contributed by atoms with E-state index >= 15 is 0 Å². The molecule has 2 rings (SSSR count). The Labute approximate surface area is 106 Å². The minimum atomic E-state index is -0.118. The topological polar surface area (TPSA) is 21.3 Å². The Kier molecular flexibility index (Phi) is 3.55. The number of halogens is 1. The summed E-state index contributed by atoms with van der Waals surface area (Å²) >= 11 is 3.52. The van der Waals surface area contributed by atoms with Crippen molar-refractivity contribution >= 4 is 15.9 Å². The molecule has 2 nitrogen and oxygen atoms in total. The Bertz CT molecular complexity index is 359. The van der Waals surface area contributed by atoms with Gasteiger partial charge in [0, 0.05) is 12.5 Å². The molecule has 16 heavy (non-hydrogen) atoms. The minimum absolute atomic E-state index is 0.118. The van der Waals surface area contributed by atoms with Gasteiger partial charge in [-0.2, -0.15) is 0 Å². The molecule has 0 aliphatic carbocycles. The van der Waals surface area contributed by atoms with E-state index in [1.807, 2.05) is 24.3 Å². The number of hydrogen-bond acceptors (Lipinski definition) is 2. The molecule has 1 N–H and O–H groups in total. The Balaban J connectivity index is 2.10. The highest BCUT2D eigenvalue weighted by Gasteiger charge is 2.34. The van der Waals surface area contributed by atoms with Crippen molar-refractivity contribution in [3.63, 3.8) is 0 Å². The summed E-state index contributed by atoms with van der Waals surface area (Å²) in [6, 6.07) is 8.02. The van der Waals surface area contributed by atoms with E-state index in [2.05, 4.69) is 35.1 Å².